The third-order valence-corrected chi connectivity index (χ3v) is 4.25. The van der Waals surface area contributed by atoms with Gasteiger partial charge >= 0.3 is 0 Å². The van der Waals surface area contributed by atoms with Crippen molar-refractivity contribution in [2.75, 3.05) is 18.9 Å². The molecule has 1 aromatic carbocycles. The van der Waals surface area contributed by atoms with E-state index in [4.69, 9.17) is 0 Å². The fourth-order valence-corrected chi connectivity index (χ4v) is 3.11. The van der Waals surface area contributed by atoms with Gasteiger partial charge in [0.2, 0.25) is 0 Å². The van der Waals surface area contributed by atoms with Crippen molar-refractivity contribution in [1.82, 2.24) is 4.90 Å². The molecule has 2 heterocycles. The molecule has 19 heavy (non-hydrogen) atoms. The zero-order valence-electron chi connectivity index (χ0n) is 10.8. The second-order valence-corrected chi connectivity index (χ2v) is 5.82. The highest BCUT2D eigenvalue weighted by Gasteiger charge is 2.16. The Balaban J connectivity index is 1.76. The second-order valence-electron chi connectivity index (χ2n) is 4.79. The van der Waals surface area contributed by atoms with Crippen LogP contribution >= 0.6 is 11.3 Å². The van der Waals surface area contributed by atoms with Gasteiger partial charge in [-0.25, -0.2) is 0 Å². The number of thiophene rings is 1. The molecule has 2 aromatic rings. The fourth-order valence-electron chi connectivity index (χ4n) is 2.35. The SMILES string of the molecule is CN(Cc1cccs1)C(=O)c1ccc2c(c1)NCC2. The molecular formula is C15H16N2OS. The summed E-state index contributed by atoms with van der Waals surface area (Å²) in [4.78, 5) is 15.3. The predicted octanol–water partition coefficient (Wildman–Crippen LogP) is 2.99. The number of nitrogens with one attached hydrogen (secondary N) is 1. The molecule has 1 aromatic heterocycles. The molecule has 1 aliphatic heterocycles. The summed E-state index contributed by atoms with van der Waals surface area (Å²) in [6, 6.07) is 10.0. The summed E-state index contributed by atoms with van der Waals surface area (Å²) in [6.45, 7) is 1.64. The molecule has 1 amide bonds. The summed E-state index contributed by atoms with van der Waals surface area (Å²) < 4.78 is 0. The van der Waals surface area contributed by atoms with Crippen LogP contribution in [0.1, 0.15) is 20.8 Å². The number of hydrogen-bond donors (Lipinski definition) is 1. The zero-order valence-corrected chi connectivity index (χ0v) is 11.7. The number of amides is 1. The van der Waals surface area contributed by atoms with Crippen LogP contribution in [-0.2, 0) is 13.0 Å². The van der Waals surface area contributed by atoms with E-state index in [0.29, 0.717) is 6.54 Å². The van der Waals surface area contributed by atoms with E-state index in [1.165, 1.54) is 10.4 Å². The van der Waals surface area contributed by atoms with Crippen molar-refractivity contribution < 1.29 is 4.79 Å². The Morgan fingerprint density at radius 2 is 2.32 bits per heavy atom. The van der Waals surface area contributed by atoms with Gasteiger partial charge in [0, 0.05) is 29.7 Å². The summed E-state index contributed by atoms with van der Waals surface area (Å²) >= 11 is 1.68. The van der Waals surface area contributed by atoms with Crippen LogP contribution in [0.3, 0.4) is 0 Å². The van der Waals surface area contributed by atoms with Crippen LogP contribution in [0.5, 0.6) is 0 Å². The summed E-state index contributed by atoms with van der Waals surface area (Å²) in [5.41, 5.74) is 3.17. The molecule has 0 atom stereocenters. The molecule has 0 aliphatic carbocycles. The lowest BCUT2D eigenvalue weighted by Gasteiger charge is -2.16. The van der Waals surface area contributed by atoms with E-state index < -0.39 is 0 Å². The van der Waals surface area contributed by atoms with E-state index >= 15 is 0 Å². The number of carbonyl (C=O) groups is 1. The Kier molecular flexibility index (Phi) is 3.25. The summed E-state index contributed by atoms with van der Waals surface area (Å²) in [5.74, 6) is 0.0740. The van der Waals surface area contributed by atoms with E-state index in [0.717, 1.165) is 24.2 Å². The third-order valence-electron chi connectivity index (χ3n) is 3.39. The van der Waals surface area contributed by atoms with Gasteiger partial charge in [-0.2, -0.15) is 0 Å². The Labute approximate surface area is 116 Å². The van der Waals surface area contributed by atoms with Gasteiger partial charge in [0.1, 0.15) is 0 Å². The third kappa shape index (κ3) is 2.49. The zero-order chi connectivity index (χ0) is 13.2. The first-order valence-electron chi connectivity index (χ1n) is 6.39. The Morgan fingerprint density at radius 1 is 1.42 bits per heavy atom. The van der Waals surface area contributed by atoms with Gasteiger partial charge in [-0.15, -0.1) is 11.3 Å². The largest absolute Gasteiger partial charge is 0.384 e. The van der Waals surface area contributed by atoms with Crippen molar-refractivity contribution in [2.24, 2.45) is 0 Å². The molecule has 1 aliphatic rings. The summed E-state index contributed by atoms with van der Waals surface area (Å²) in [5, 5.41) is 5.35. The quantitative estimate of drug-likeness (QED) is 0.931. The minimum Gasteiger partial charge on any atom is -0.384 e. The average Bonchev–Trinajstić information content (AvgIpc) is 3.07. The molecule has 0 bridgehead atoms. The number of nitrogens with zero attached hydrogens (tertiary/aromatic N) is 1. The highest BCUT2D eigenvalue weighted by atomic mass is 32.1. The van der Waals surface area contributed by atoms with Gasteiger partial charge < -0.3 is 10.2 Å². The maximum Gasteiger partial charge on any atom is 0.253 e. The first-order chi connectivity index (χ1) is 9.24. The van der Waals surface area contributed by atoms with Gasteiger partial charge in [0.05, 0.1) is 6.54 Å². The average molecular weight is 272 g/mol. The molecule has 0 saturated carbocycles. The normalized spacial score (nSPS) is 12.9. The second kappa shape index (κ2) is 5.05. The number of hydrogen-bond acceptors (Lipinski definition) is 3. The van der Waals surface area contributed by atoms with E-state index in [9.17, 15) is 4.79 Å². The molecule has 0 fully saturated rings. The van der Waals surface area contributed by atoms with Crippen molar-refractivity contribution in [3.8, 4) is 0 Å². The molecule has 98 valence electrons. The lowest BCUT2D eigenvalue weighted by Crippen LogP contribution is -2.25. The lowest BCUT2D eigenvalue weighted by atomic mass is 10.1. The number of fused-ring (bicyclic) bond motifs is 1. The Bertz CT molecular complexity index is 592. The van der Waals surface area contributed by atoms with Crippen molar-refractivity contribution in [3.63, 3.8) is 0 Å². The van der Waals surface area contributed by atoms with Gasteiger partial charge in [-0.3, -0.25) is 4.79 Å². The van der Waals surface area contributed by atoms with Crippen molar-refractivity contribution in [1.29, 1.82) is 0 Å². The molecule has 3 nitrogen and oxygen atoms in total. The lowest BCUT2D eigenvalue weighted by molar-refractivity contribution is 0.0786. The number of anilines is 1. The Hall–Kier alpha value is -1.81. The minimum atomic E-state index is 0.0740. The molecular weight excluding hydrogens is 256 g/mol. The minimum absolute atomic E-state index is 0.0740. The van der Waals surface area contributed by atoms with Crippen LogP contribution in [0, 0.1) is 0 Å². The van der Waals surface area contributed by atoms with Gasteiger partial charge in [0.15, 0.2) is 0 Å². The maximum absolute atomic E-state index is 12.4. The molecule has 0 unspecified atom stereocenters. The number of rotatable bonds is 3. The van der Waals surface area contributed by atoms with E-state index in [2.05, 4.69) is 17.4 Å². The highest BCUT2D eigenvalue weighted by molar-refractivity contribution is 7.09. The highest BCUT2D eigenvalue weighted by Crippen LogP contribution is 2.24. The summed E-state index contributed by atoms with van der Waals surface area (Å²) in [6.07, 6.45) is 1.05. The summed E-state index contributed by atoms with van der Waals surface area (Å²) in [7, 11) is 1.85. The van der Waals surface area contributed by atoms with Crippen LogP contribution in [0.15, 0.2) is 35.7 Å². The molecule has 4 heteroatoms. The first-order valence-corrected chi connectivity index (χ1v) is 7.26. The number of benzene rings is 1. The first kappa shape index (κ1) is 12.2. The topological polar surface area (TPSA) is 32.3 Å². The maximum atomic E-state index is 12.4. The van der Waals surface area contributed by atoms with Crippen LogP contribution in [0.2, 0.25) is 0 Å². The number of carbonyl (C=O) groups excluding carboxylic acids is 1. The van der Waals surface area contributed by atoms with Crippen molar-refractivity contribution >= 4 is 22.9 Å². The molecule has 1 N–H and O–H groups in total. The van der Waals surface area contributed by atoms with Gasteiger partial charge in [-0.1, -0.05) is 12.1 Å². The molecule has 0 saturated heterocycles. The molecule has 3 rings (SSSR count). The van der Waals surface area contributed by atoms with E-state index in [-0.39, 0.29) is 5.91 Å². The van der Waals surface area contributed by atoms with Crippen LogP contribution in [0.25, 0.3) is 0 Å². The standard InChI is InChI=1S/C15H16N2OS/c1-17(10-13-3-2-8-19-13)15(18)12-5-4-11-6-7-16-14(11)9-12/h2-5,8-9,16H,6-7,10H2,1H3. The Morgan fingerprint density at radius 3 is 3.11 bits per heavy atom. The molecule has 0 spiro atoms. The predicted molar refractivity (Wildman–Crippen MR) is 78.8 cm³/mol. The van der Waals surface area contributed by atoms with E-state index in [1.807, 2.05) is 30.6 Å². The molecule has 0 radical (unpaired) electrons. The van der Waals surface area contributed by atoms with Crippen LogP contribution in [0.4, 0.5) is 5.69 Å². The van der Waals surface area contributed by atoms with Gasteiger partial charge in [0.25, 0.3) is 5.91 Å². The van der Waals surface area contributed by atoms with Crippen molar-refractivity contribution in [2.45, 2.75) is 13.0 Å². The smallest absolute Gasteiger partial charge is 0.253 e. The van der Waals surface area contributed by atoms with Crippen LogP contribution in [-0.4, -0.2) is 24.4 Å². The van der Waals surface area contributed by atoms with Gasteiger partial charge in [-0.05, 0) is 35.6 Å². The van der Waals surface area contributed by atoms with Crippen LogP contribution < -0.4 is 5.32 Å². The monoisotopic (exact) mass is 272 g/mol. The fraction of sp³-hybridized carbons (Fsp3) is 0.267. The van der Waals surface area contributed by atoms with Crippen molar-refractivity contribution in [3.05, 3.63) is 51.7 Å². The van der Waals surface area contributed by atoms with E-state index in [1.54, 1.807) is 16.2 Å².